The summed E-state index contributed by atoms with van der Waals surface area (Å²) in [5.41, 5.74) is -0.347. The highest BCUT2D eigenvalue weighted by atomic mass is 35.5. The second kappa shape index (κ2) is 11.2. The van der Waals surface area contributed by atoms with Gasteiger partial charge < -0.3 is 5.32 Å². The van der Waals surface area contributed by atoms with Gasteiger partial charge in [-0.15, -0.1) is 0 Å². The Morgan fingerprint density at radius 3 is 2.18 bits per heavy atom. The third-order valence-corrected chi connectivity index (χ3v) is 3.66. The molecule has 2 nitrogen and oxygen atoms in total. The van der Waals surface area contributed by atoms with E-state index in [9.17, 15) is 4.79 Å². The van der Waals surface area contributed by atoms with Crippen molar-refractivity contribution >= 4 is 28.6 Å². The van der Waals surface area contributed by atoms with Crippen LogP contribution < -0.4 is 5.32 Å². The zero-order chi connectivity index (χ0) is 13.1. The highest BCUT2D eigenvalue weighted by Crippen LogP contribution is 2.17. The molecule has 0 heterocycles. The predicted octanol–water partition coefficient (Wildman–Crippen LogP) is 5.28. The third kappa shape index (κ3) is 10.9. The molecule has 0 rings (SSSR count). The van der Waals surface area contributed by atoms with E-state index in [1.54, 1.807) is 0 Å². The smallest absolute Gasteiger partial charge is 0.314 e. The van der Waals surface area contributed by atoms with Crippen LogP contribution in [0, 0.1) is 5.92 Å². The standard InChI is InChI=1S/C13H25Cl2NO/c1-3-4-5-6-7-8-9-10-11(2)12(14)16-13(15)17/h11-12H,3-10H2,1-2H3,(H,16,17). The fourth-order valence-electron chi connectivity index (χ4n) is 1.82. The summed E-state index contributed by atoms with van der Waals surface area (Å²) in [5.74, 6) is 0.273. The van der Waals surface area contributed by atoms with Gasteiger partial charge in [-0.25, -0.2) is 0 Å². The van der Waals surface area contributed by atoms with E-state index in [1.807, 2.05) is 6.92 Å². The molecule has 0 fully saturated rings. The topological polar surface area (TPSA) is 29.1 Å². The lowest BCUT2D eigenvalue weighted by Gasteiger charge is -2.17. The summed E-state index contributed by atoms with van der Waals surface area (Å²) in [4.78, 5) is 10.6. The second-order valence-electron chi connectivity index (χ2n) is 4.71. The van der Waals surface area contributed by atoms with E-state index in [0.29, 0.717) is 0 Å². The number of carbonyl (C=O) groups is 1. The Morgan fingerprint density at radius 1 is 1.12 bits per heavy atom. The Bertz CT molecular complexity index is 200. The molecule has 1 N–H and O–H groups in total. The Hall–Kier alpha value is 0.0500. The molecule has 0 aliphatic rings. The average molecular weight is 282 g/mol. The molecule has 0 aliphatic carbocycles. The Kier molecular flexibility index (Phi) is 11.2. The number of unbranched alkanes of at least 4 members (excludes halogenated alkanes) is 6. The summed E-state index contributed by atoms with van der Waals surface area (Å²) in [6, 6.07) is 0. The summed E-state index contributed by atoms with van der Waals surface area (Å²) in [6.07, 6.45) is 10.1. The second-order valence-corrected chi connectivity index (χ2v) is 5.52. The van der Waals surface area contributed by atoms with Gasteiger partial charge in [0.1, 0.15) is 5.50 Å². The SMILES string of the molecule is CCCCCCCCCC(C)C(Cl)NC(=O)Cl. The van der Waals surface area contributed by atoms with E-state index in [1.165, 1.54) is 44.9 Å². The fourth-order valence-corrected chi connectivity index (χ4v) is 2.22. The fraction of sp³-hybridized carbons (Fsp3) is 0.923. The monoisotopic (exact) mass is 281 g/mol. The van der Waals surface area contributed by atoms with Gasteiger partial charge in [0.25, 0.3) is 0 Å². The average Bonchev–Trinajstić information content (AvgIpc) is 2.26. The number of halogens is 2. The molecule has 2 unspecified atom stereocenters. The molecule has 0 spiro atoms. The Labute approximate surface area is 115 Å². The largest absolute Gasteiger partial charge is 0.326 e. The minimum Gasteiger partial charge on any atom is -0.326 e. The summed E-state index contributed by atoms with van der Waals surface area (Å²) < 4.78 is 0. The molecule has 0 aromatic carbocycles. The van der Waals surface area contributed by atoms with Crippen LogP contribution in [0.2, 0.25) is 0 Å². The van der Waals surface area contributed by atoms with Crippen molar-refractivity contribution in [3.05, 3.63) is 0 Å². The molecular formula is C13H25Cl2NO. The lowest BCUT2D eigenvalue weighted by atomic mass is 10.0. The van der Waals surface area contributed by atoms with Crippen LogP contribution >= 0.6 is 23.2 Å². The predicted molar refractivity (Wildman–Crippen MR) is 75.8 cm³/mol. The van der Waals surface area contributed by atoms with E-state index in [4.69, 9.17) is 23.2 Å². The first-order chi connectivity index (χ1) is 8.07. The van der Waals surface area contributed by atoms with E-state index in [2.05, 4.69) is 12.2 Å². The van der Waals surface area contributed by atoms with Crippen molar-refractivity contribution in [2.45, 2.75) is 70.7 Å². The first-order valence-electron chi connectivity index (χ1n) is 6.68. The summed E-state index contributed by atoms with van der Waals surface area (Å²) >= 11 is 11.2. The molecule has 0 radical (unpaired) electrons. The maximum absolute atomic E-state index is 10.6. The number of hydrogen-bond donors (Lipinski definition) is 1. The van der Waals surface area contributed by atoms with E-state index < -0.39 is 5.37 Å². The van der Waals surface area contributed by atoms with Gasteiger partial charge in [-0.2, -0.15) is 0 Å². The number of amides is 1. The van der Waals surface area contributed by atoms with Crippen LogP contribution in [-0.4, -0.2) is 10.9 Å². The maximum atomic E-state index is 10.6. The maximum Gasteiger partial charge on any atom is 0.314 e. The normalized spacial score (nSPS) is 14.4. The molecule has 0 aromatic heterocycles. The zero-order valence-electron chi connectivity index (χ0n) is 11.0. The zero-order valence-corrected chi connectivity index (χ0v) is 12.5. The van der Waals surface area contributed by atoms with Crippen molar-refractivity contribution in [2.24, 2.45) is 5.92 Å². The molecule has 4 heteroatoms. The molecule has 1 amide bonds. The molecule has 0 aliphatic heterocycles. The summed E-state index contributed by atoms with van der Waals surface area (Å²) in [7, 11) is 0. The molecule has 0 saturated heterocycles. The van der Waals surface area contributed by atoms with Crippen molar-refractivity contribution in [1.29, 1.82) is 0 Å². The van der Waals surface area contributed by atoms with E-state index >= 15 is 0 Å². The van der Waals surface area contributed by atoms with Gasteiger partial charge in [-0.1, -0.05) is 70.4 Å². The number of carbonyl (C=O) groups excluding carboxylic acids is 1. The van der Waals surface area contributed by atoms with Crippen LogP contribution in [0.1, 0.15) is 65.2 Å². The lowest BCUT2D eigenvalue weighted by molar-refractivity contribution is 0.256. The Morgan fingerprint density at radius 2 is 1.65 bits per heavy atom. The number of rotatable bonds is 10. The van der Waals surface area contributed by atoms with Crippen molar-refractivity contribution in [2.75, 3.05) is 0 Å². The molecule has 2 atom stereocenters. The quantitative estimate of drug-likeness (QED) is 0.251. The molecule has 0 bridgehead atoms. The van der Waals surface area contributed by atoms with Gasteiger partial charge in [-0.05, 0) is 23.9 Å². The number of hydrogen-bond acceptors (Lipinski definition) is 1. The molecule has 0 saturated carbocycles. The van der Waals surface area contributed by atoms with Crippen molar-refractivity contribution in [1.82, 2.24) is 5.32 Å². The van der Waals surface area contributed by atoms with Gasteiger partial charge in [0.2, 0.25) is 0 Å². The van der Waals surface area contributed by atoms with Crippen molar-refractivity contribution in [3.8, 4) is 0 Å². The third-order valence-electron chi connectivity index (χ3n) is 3.01. The van der Waals surface area contributed by atoms with Crippen molar-refractivity contribution in [3.63, 3.8) is 0 Å². The summed E-state index contributed by atoms with van der Waals surface area (Å²) in [5, 5.41) is 1.93. The van der Waals surface area contributed by atoms with Crippen LogP contribution in [0.4, 0.5) is 4.79 Å². The first kappa shape index (κ1) is 17.1. The van der Waals surface area contributed by atoms with Crippen LogP contribution in [0.15, 0.2) is 0 Å². The van der Waals surface area contributed by atoms with E-state index in [-0.39, 0.29) is 11.4 Å². The van der Waals surface area contributed by atoms with Gasteiger partial charge >= 0.3 is 5.37 Å². The van der Waals surface area contributed by atoms with Gasteiger partial charge in [0.05, 0.1) is 0 Å². The van der Waals surface area contributed by atoms with Crippen LogP contribution in [-0.2, 0) is 0 Å². The van der Waals surface area contributed by atoms with E-state index in [0.717, 1.165) is 6.42 Å². The van der Waals surface area contributed by atoms with Gasteiger partial charge in [0.15, 0.2) is 0 Å². The van der Waals surface area contributed by atoms with Crippen LogP contribution in [0.5, 0.6) is 0 Å². The molecule has 0 aromatic rings. The first-order valence-corrected chi connectivity index (χ1v) is 7.49. The minimum atomic E-state index is -0.573. The van der Waals surface area contributed by atoms with Gasteiger partial charge in [-0.3, -0.25) is 4.79 Å². The molecule has 17 heavy (non-hydrogen) atoms. The Balaban J connectivity index is 3.38. The van der Waals surface area contributed by atoms with Crippen LogP contribution in [0.25, 0.3) is 0 Å². The van der Waals surface area contributed by atoms with Gasteiger partial charge in [0, 0.05) is 0 Å². The lowest BCUT2D eigenvalue weighted by Crippen LogP contribution is -2.31. The summed E-state index contributed by atoms with van der Waals surface area (Å²) in [6.45, 7) is 4.27. The minimum absolute atomic E-state index is 0.273. The number of nitrogens with one attached hydrogen (secondary N) is 1. The highest BCUT2D eigenvalue weighted by Gasteiger charge is 2.15. The van der Waals surface area contributed by atoms with Crippen molar-refractivity contribution < 1.29 is 4.79 Å². The highest BCUT2D eigenvalue weighted by molar-refractivity contribution is 6.63. The van der Waals surface area contributed by atoms with Crippen LogP contribution in [0.3, 0.4) is 0 Å². The molecular weight excluding hydrogens is 257 g/mol. The number of alkyl halides is 1. The molecule has 102 valence electrons.